The minimum Gasteiger partial charge on any atom is -0.478 e. The van der Waals surface area contributed by atoms with Gasteiger partial charge in [0.25, 0.3) is 0 Å². The molecule has 0 bridgehead atoms. The molecule has 1 aliphatic rings. The van der Waals surface area contributed by atoms with Gasteiger partial charge in [0.15, 0.2) is 0 Å². The summed E-state index contributed by atoms with van der Waals surface area (Å²) in [5, 5.41) is 10.7. The zero-order valence-electron chi connectivity index (χ0n) is 9.54. The summed E-state index contributed by atoms with van der Waals surface area (Å²) in [6.45, 7) is 0. The van der Waals surface area contributed by atoms with Gasteiger partial charge in [-0.2, -0.15) is 13.2 Å². The summed E-state index contributed by atoms with van der Waals surface area (Å²) in [5.74, 6) is -3.34. The van der Waals surface area contributed by atoms with Crippen LogP contribution in [0.5, 0.6) is 0 Å². The van der Waals surface area contributed by atoms with Crippen molar-refractivity contribution in [2.75, 3.05) is 0 Å². The van der Waals surface area contributed by atoms with Crippen LogP contribution in [0.1, 0.15) is 25.7 Å². The van der Waals surface area contributed by atoms with E-state index in [1.54, 1.807) is 0 Å². The van der Waals surface area contributed by atoms with Gasteiger partial charge < -0.3 is 10.4 Å². The molecule has 0 heterocycles. The third kappa shape index (κ3) is 4.77. The van der Waals surface area contributed by atoms with E-state index in [4.69, 9.17) is 5.11 Å². The Morgan fingerprint density at radius 2 is 1.89 bits per heavy atom. The number of alkyl halides is 3. The molecule has 2 unspecified atom stereocenters. The predicted octanol–water partition coefficient (Wildman–Crippen LogP) is 1.86. The van der Waals surface area contributed by atoms with Crippen LogP contribution in [-0.4, -0.2) is 29.2 Å². The van der Waals surface area contributed by atoms with Gasteiger partial charge in [-0.05, 0) is 19.3 Å². The lowest BCUT2D eigenvalue weighted by molar-refractivity contribution is -0.184. The summed E-state index contributed by atoms with van der Waals surface area (Å²) < 4.78 is 37.5. The van der Waals surface area contributed by atoms with Gasteiger partial charge in [0.05, 0.1) is 5.92 Å². The molecule has 0 aliphatic heterocycles. The molecular weight excluding hydrogens is 251 g/mol. The van der Waals surface area contributed by atoms with Gasteiger partial charge in [-0.15, -0.1) is 0 Å². The third-order valence-electron chi connectivity index (χ3n) is 2.86. The molecule has 102 valence electrons. The lowest BCUT2D eigenvalue weighted by atomic mass is 9.85. The molecule has 2 N–H and O–H groups in total. The molecular formula is C11H14F3NO3. The maximum absolute atomic E-state index is 12.5. The Morgan fingerprint density at radius 1 is 1.22 bits per heavy atom. The Kier molecular flexibility index (Phi) is 4.75. The summed E-state index contributed by atoms with van der Waals surface area (Å²) in [7, 11) is 0. The first-order valence-corrected chi connectivity index (χ1v) is 5.57. The summed E-state index contributed by atoms with van der Waals surface area (Å²) in [5.41, 5.74) is 0. The fourth-order valence-electron chi connectivity index (χ4n) is 2.01. The zero-order valence-corrected chi connectivity index (χ0v) is 9.54. The third-order valence-corrected chi connectivity index (χ3v) is 2.86. The van der Waals surface area contributed by atoms with E-state index in [9.17, 15) is 22.8 Å². The maximum atomic E-state index is 12.5. The number of aliphatic carboxylic acids is 1. The molecule has 0 aromatic heterocycles. The second kappa shape index (κ2) is 5.88. The van der Waals surface area contributed by atoms with Crippen molar-refractivity contribution in [3.63, 3.8) is 0 Å². The SMILES string of the molecule is O=C(O)C=CC(=O)NC1CCCC(C(F)(F)F)C1. The van der Waals surface area contributed by atoms with E-state index < -0.39 is 30.0 Å². The first-order chi connectivity index (χ1) is 8.29. The number of amides is 1. The highest BCUT2D eigenvalue weighted by atomic mass is 19.4. The van der Waals surface area contributed by atoms with Crippen LogP contribution >= 0.6 is 0 Å². The van der Waals surface area contributed by atoms with Gasteiger partial charge in [0.2, 0.25) is 5.91 Å². The van der Waals surface area contributed by atoms with Crippen molar-refractivity contribution >= 4 is 11.9 Å². The number of carbonyl (C=O) groups is 2. The number of hydrogen-bond acceptors (Lipinski definition) is 2. The number of carbonyl (C=O) groups excluding carboxylic acids is 1. The molecule has 0 aromatic carbocycles. The fraction of sp³-hybridized carbons (Fsp3) is 0.636. The molecule has 4 nitrogen and oxygen atoms in total. The summed E-state index contributed by atoms with van der Waals surface area (Å²) in [4.78, 5) is 21.4. The molecule has 0 aromatic rings. The van der Waals surface area contributed by atoms with Crippen molar-refractivity contribution in [1.29, 1.82) is 0 Å². The lowest BCUT2D eigenvalue weighted by Crippen LogP contribution is -2.41. The van der Waals surface area contributed by atoms with E-state index in [0.717, 1.165) is 6.08 Å². The van der Waals surface area contributed by atoms with E-state index >= 15 is 0 Å². The van der Waals surface area contributed by atoms with Gasteiger partial charge in [0, 0.05) is 18.2 Å². The van der Waals surface area contributed by atoms with E-state index in [2.05, 4.69) is 5.32 Å². The number of halogens is 3. The summed E-state index contributed by atoms with van der Waals surface area (Å²) >= 11 is 0. The van der Waals surface area contributed by atoms with E-state index in [-0.39, 0.29) is 12.8 Å². The second-order valence-corrected chi connectivity index (χ2v) is 4.28. The Morgan fingerprint density at radius 3 is 2.44 bits per heavy atom. The molecule has 1 saturated carbocycles. The summed E-state index contributed by atoms with van der Waals surface area (Å²) in [6, 6.07) is -0.545. The van der Waals surface area contributed by atoms with Gasteiger partial charge >= 0.3 is 12.1 Å². The molecule has 0 spiro atoms. The lowest BCUT2D eigenvalue weighted by Gasteiger charge is -2.30. The Balaban J connectivity index is 2.48. The quantitative estimate of drug-likeness (QED) is 0.765. The van der Waals surface area contributed by atoms with Crippen molar-refractivity contribution in [2.45, 2.75) is 37.9 Å². The largest absolute Gasteiger partial charge is 0.478 e. The monoisotopic (exact) mass is 265 g/mol. The molecule has 7 heteroatoms. The average molecular weight is 265 g/mol. The highest BCUT2D eigenvalue weighted by Gasteiger charge is 2.42. The number of carboxylic acids is 1. The molecule has 1 aliphatic carbocycles. The van der Waals surface area contributed by atoms with Crippen LogP contribution in [0.3, 0.4) is 0 Å². The van der Waals surface area contributed by atoms with Crippen LogP contribution in [0.15, 0.2) is 12.2 Å². The van der Waals surface area contributed by atoms with E-state index in [0.29, 0.717) is 18.9 Å². The van der Waals surface area contributed by atoms with Crippen LogP contribution in [0.2, 0.25) is 0 Å². The van der Waals surface area contributed by atoms with E-state index in [1.165, 1.54) is 0 Å². The number of rotatable bonds is 3. The van der Waals surface area contributed by atoms with Crippen LogP contribution in [0.4, 0.5) is 13.2 Å². The van der Waals surface area contributed by atoms with Crippen molar-refractivity contribution in [3.05, 3.63) is 12.2 Å². The van der Waals surface area contributed by atoms with Gasteiger partial charge in [0.1, 0.15) is 0 Å². The molecule has 18 heavy (non-hydrogen) atoms. The highest BCUT2D eigenvalue weighted by molar-refractivity contribution is 5.93. The normalized spacial score (nSPS) is 25.1. The molecule has 0 saturated heterocycles. The van der Waals surface area contributed by atoms with Gasteiger partial charge in [-0.25, -0.2) is 4.79 Å². The van der Waals surface area contributed by atoms with Crippen LogP contribution in [-0.2, 0) is 9.59 Å². The average Bonchev–Trinajstić information content (AvgIpc) is 2.25. The topological polar surface area (TPSA) is 66.4 Å². The van der Waals surface area contributed by atoms with Crippen molar-refractivity contribution in [3.8, 4) is 0 Å². The smallest absolute Gasteiger partial charge is 0.391 e. The number of hydrogen-bond donors (Lipinski definition) is 2. The maximum Gasteiger partial charge on any atom is 0.391 e. The zero-order chi connectivity index (χ0) is 13.8. The Bertz CT molecular complexity index is 352. The highest BCUT2D eigenvalue weighted by Crippen LogP contribution is 2.37. The molecule has 2 atom stereocenters. The number of nitrogens with one attached hydrogen (secondary N) is 1. The van der Waals surface area contributed by atoms with Crippen LogP contribution < -0.4 is 5.32 Å². The van der Waals surface area contributed by atoms with Crippen LogP contribution in [0, 0.1) is 5.92 Å². The fourth-order valence-corrected chi connectivity index (χ4v) is 2.01. The van der Waals surface area contributed by atoms with Gasteiger partial charge in [-0.1, -0.05) is 6.42 Å². The van der Waals surface area contributed by atoms with E-state index in [1.807, 2.05) is 0 Å². The van der Waals surface area contributed by atoms with Gasteiger partial charge in [-0.3, -0.25) is 4.79 Å². The Hall–Kier alpha value is -1.53. The molecule has 0 radical (unpaired) electrons. The van der Waals surface area contributed by atoms with Crippen molar-refractivity contribution < 1.29 is 27.9 Å². The Labute approximate surface area is 102 Å². The standard InChI is InChI=1S/C11H14F3NO3/c12-11(13,14)7-2-1-3-8(6-7)15-9(16)4-5-10(17)18/h4-5,7-8H,1-3,6H2,(H,15,16)(H,17,18). The van der Waals surface area contributed by atoms with Crippen molar-refractivity contribution in [2.24, 2.45) is 5.92 Å². The second-order valence-electron chi connectivity index (χ2n) is 4.28. The predicted molar refractivity (Wildman–Crippen MR) is 56.7 cm³/mol. The van der Waals surface area contributed by atoms with Crippen molar-refractivity contribution in [1.82, 2.24) is 5.32 Å². The molecule has 1 fully saturated rings. The van der Waals surface area contributed by atoms with Crippen LogP contribution in [0.25, 0.3) is 0 Å². The minimum absolute atomic E-state index is 0.0842. The number of carboxylic acid groups (broad SMARTS) is 1. The molecule has 1 rings (SSSR count). The first-order valence-electron chi connectivity index (χ1n) is 5.57. The molecule has 1 amide bonds. The first kappa shape index (κ1) is 14.5. The summed E-state index contributed by atoms with van der Waals surface area (Å²) in [6.07, 6.45) is -1.95. The minimum atomic E-state index is -4.24.